The standard InChI is InChI=1S/C55H51BN2O/c1-32-18-25-44-38(28-32)39-29-33(2)19-26-45(39)58(44)51-49-40(37-14-11-12-15-41(37)55(49,9)10)31-43-52(51)59-48-17-13-16-47-50(48)56(43)42-30-35(54(6,7)8)22-27-46(42)57(47)36-23-20-34(21-24-36)53(3,4)5/h11-31H,1-10H3. The molecule has 0 saturated heterocycles. The molecule has 7 aromatic carbocycles. The molecule has 0 amide bonds. The van der Waals surface area contributed by atoms with Gasteiger partial charge in [-0.3, -0.25) is 0 Å². The first-order valence-corrected chi connectivity index (χ1v) is 21.3. The minimum Gasteiger partial charge on any atom is -0.456 e. The van der Waals surface area contributed by atoms with Crippen molar-refractivity contribution in [2.75, 3.05) is 4.90 Å². The van der Waals surface area contributed by atoms with Crippen LogP contribution in [-0.4, -0.2) is 11.3 Å². The average Bonchev–Trinajstić information content (AvgIpc) is 3.63. The van der Waals surface area contributed by atoms with Crippen LogP contribution in [0.5, 0.6) is 11.5 Å². The quantitative estimate of drug-likeness (QED) is 0.163. The van der Waals surface area contributed by atoms with Gasteiger partial charge in [0.15, 0.2) is 0 Å². The third kappa shape index (κ3) is 5.08. The predicted octanol–water partition coefficient (Wildman–Crippen LogP) is 12.7. The molecule has 0 spiro atoms. The zero-order chi connectivity index (χ0) is 40.9. The predicted molar refractivity (Wildman–Crippen MR) is 251 cm³/mol. The van der Waals surface area contributed by atoms with E-state index in [0.29, 0.717) is 0 Å². The fourth-order valence-electron chi connectivity index (χ4n) is 10.6. The molecule has 4 heteroatoms. The Balaban J connectivity index is 1.27. The van der Waals surface area contributed by atoms with E-state index in [1.165, 1.54) is 94.1 Å². The Kier molecular flexibility index (Phi) is 7.37. The van der Waals surface area contributed by atoms with Gasteiger partial charge in [0.05, 0.1) is 16.7 Å². The van der Waals surface area contributed by atoms with Gasteiger partial charge >= 0.3 is 0 Å². The Hall–Kier alpha value is -6.00. The minimum atomic E-state index is -0.278. The van der Waals surface area contributed by atoms with Crippen LogP contribution in [0.4, 0.5) is 17.1 Å². The monoisotopic (exact) mass is 766 g/mol. The van der Waals surface area contributed by atoms with Gasteiger partial charge in [0.2, 0.25) is 0 Å². The van der Waals surface area contributed by atoms with E-state index < -0.39 is 0 Å². The highest BCUT2D eigenvalue weighted by molar-refractivity contribution is 6.99. The highest BCUT2D eigenvalue weighted by Crippen LogP contribution is 2.55. The van der Waals surface area contributed by atoms with Crippen LogP contribution in [0, 0.1) is 13.8 Å². The summed E-state index contributed by atoms with van der Waals surface area (Å²) in [6.07, 6.45) is 0. The van der Waals surface area contributed by atoms with E-state index in [4.69, 9.17) is 4.74 Å². The second-order valence-electron chi connectivity index (χ2n) is 20.0. The van der Waals surface area contributed by atoms with Crippen LogP contribution in [0.1, 0.15) is 88.8 Å². The molecule has 0 atom stereocenters. The van der Waals surface area contributed by atoms with E-state index in [0.717, 1.165) is 22.9 Å². The number of hydrogen-bond donors (Lipinski definition) is 0. The summed E-state index contributed by atoms with van der Waals surface area (Å²) in [6.45, 7) is 23.0. The van der Waals surface area contributed by atoms with Crippen molar-refractivity contribution in [2.24, 2.45) is 0 Å². The number of fused-ring (bicyclic) bond motifs is 10. The molecule has 290 valence electrons. The lowest BCUT2D eigenvalue weighted by molar-refractivity contribution is 0.483. The second kappa shape index (κ2) is 12.0. The molecule has 0 radical (unpaired) electrons. The summed E-state index contributed by atoms with van der Waals surface area (Å²) in [5, 5.41) is 2.54. The molecular weight excluding hydrogens is 715 g/mol. The molecule has 2 aliphatic heterocycles. The van der Waals surface area contributed by atoms with Crippen LogP contribution in [0.25, 0.3) is 38.6 Å². The Morgan fingerprint density at radius 2 is 1.22 bits per heavy atom. The fraction of sp³-hybridized carbons (Fsp3) is 0.236. The maximum atomic E-state index is 7.55. The van der Waals surface area contributed by atoms with Gasteiger partial charge in [-0.25, -0.2) is 0 Å². The third-order valence-electron chi connectivity index (χ3n) is 13.6. The van der Waals surface area contributed by atoms with Crippen LogP contribution >= 0.6 is 0 Å². The number of benzene rings is 7. The summed E-state index contributed by atoms with van der Waals surface area (Å²) in [4.78, 5) is 2.47. The molecule has 8 aromatic rings. The fourth-order valence-corrected chi connectivity index (χ4v) is 10.6. The Labute approximate surface area is 349 Å². The lowest BCUT2D eigenvalue weighted by Crippen LogP contribution is -2.60. The lowest BCUT2D eigenvalue weighted by Gasteiger charge is -2.41. The van der Waals surface area contributed by atoms with Gasteiger partial charge in [0, 0.05) is 33.2 Å². The van der Waals surface area contributed by atoms with Gasteiger partial charge in [-0.1, -0.05) is 139 Å². The van der Waals surface area contributed by atoms with Crippen molar-refractivity contribution >= 4 is 62.0 Å². The number of aryl methyl sites for hydroxylation is 2. The van der Waals surface area contributed by atoms with E-state index in [2.05, 4.69) is 206 Å². The van der Waals surface area contributed by atoms with Crippen molar-refractivity contribution in [3.63, 3.8) is 0 Å². The Morgan fingerprint density at radius 3 is 1.88 bits per heavy atom. The number of aromatic nitrogens is 1. The van der Waals surface area contributed by atoms with E-state index in [1.807, 2.05) is 0 Å². The zero-order valence-corrected chi connectivity index (χ0v) is 36.0. The molecule has 3 aliphatic rings. The van der Waals surface area contributed by atoms with Crippen LogP contribution in [0.15, 0.2) is 127 Å². The average molecular weight is 767 g/mol. The SMILES string of the molecule is Cc1ccc2c(c1)c1cc(C)ccc1n2-c1c2c(cc3c1C(C)(C)c1ccccc1-3)B1c3cc(C(C)(C)C)ccc3N(c3ccc(C(C)(C)C)cc3)c3cccc(c31)O2. The van der Waals surface area contributed by atoms with Crippen molar-refractivity contribution in [3.05, 3.63) is 161 Å². The van der Waals surface area contributed by atoms with Crippen LogP contribution in [-0.2, 0) is 16.2 Å². The third-order valence-corrected chi connectivity index (χ3v) is 13.6. The van der Waals surface area contributed by atoms with E-state index in [1.54, 1.807) is 0 Å². The first-order chi connectivity index (χ1) is 28.1. The Morgan fingerprint density at radius 1 is 0.576 bits per heavy atom. The first-order valence-electron chi connectivity index (χ1n) is 21.3. The van der Waals surface area contributed by atoms with E-state index in [-0.39, 0.29) is 23.0 Å². The summed E-state index contributed by atoms with van der Waals surface area (Å²) in [6, 6.07) is 48.6. The molecule has 1 aliphatic carbocycles. The summed E-state index contributed by atoms with van der Waals surface area (Å²) in [5.74, 6) is 1.87. The number of ether oxygens (including phenoxy) is 1. The Bertz CT molecular complexity index is 3040. The lowest BCUT2D eigenvalue weighted by atomic mass is 9.33. The van der Waals surface area contributed by atoms with E-state index >= 15 is 0 Å². The van der Waals surface area contributed by atoms with Gasteiger partial charge in [0.25, 0.3) is 6.71 Å². The molecule has 59 heavy (non-hydrogen) atoms. The molecule has 11 rings (SSSR count). The largest absolute Gasteiger partial charge is 0.456 e. The highest BCUT2D eigenvalue weighted by Gasteiger charge is 2.47. The molecule has 3 nitrogen and oxygen atoms in total. The molecule has 0 fully saturated rings. The smallest absolute Gasteiger partial charge is 0.256 e. The van der Waals surface area contributed by atoms with Gasteiger partial charge in [-0.15, -0.1) is 0 Å². The first kappa shape index (κ1) is 36.1. The zero-order valence-electron chi connectivity index (χ0n) is 36.0. The molecule has 0 bridgehead atoms. The second-order valence-corrected chi connectivity index (χ2v) is 20.0. The van der Waals surface area contributed by atoms with Crippen molar-refractivity contribution < 1.29 is 4.74 Å². The van der Waals surface area contributed by atoms with E-state index in [9.17, 15) is 0 Å². The summed E-state index contributed by atoms with van der Waals surface area (Å²) in [5.41, 5.74) is 21.0. The maximum Gasteiger partial charge on any atom is 0.256 e. The van der Waals surface area contributed by atoms with Crippen molar-refractivity contribution in [3.8, 4) is 28.3 Å². The van der Waals surface area contributed by atoms with Gasteiger partial charge < -0.3 is 14.2 Å². The summed E-state index contributed by atoms with van der Waals surface area (Å²) >= 11 is 0. The van der Waals surface area contributed by atoms with Crippen molar-refractivity contribution in [2.45, 2.75) is 85.5 Å². The van der Waals surface area contributed by atoms with Gasteiger partial charge in [-0.2, -0.15) is 0 Å². The molecule has 1 aromatic heterocycles. The van der Waals surface area contributed by atoms with Gasteiger partial charge in [0.1, 0.15) is 11.5 Å². The topological polar surface area (TPSA) is 17.4 Å². The molecular formula is C55H51BN2O. The number of hydrogen-bond acceptors (Lipinski definition) is 2. The highest BCUT2D eigenvalue weighted by atomic mass is 16.5. The molecule has 3 heterocycles. The summed E-state index contributed by atoms with van der Waals surface area (Å²) in [7, 11) is 0. The van der Waals surface area contributed by atoms with Gasteiger partial charge in [-0.05, 0) is 129 Å². The number of rotatable bonds is 2. The molecule has 0 saturated carbocycles. The molecule has 0 N–H and O–H groups in total. The minimum absolute atomic E-state index is 0.0344. The maximum absolute atomic E-state index is 7.55. The normalized spacial score (nSPS) is 14.8. The van der Waals surface area contributed by atoms with Crippen LogP contribution in [0.3, 0.4) is 0 Å². The van der Waals surface area contributed by atoms with Crippen LogP contribution in [0.2, 0.25) is 0 Å². The van der Waals surface area contributed by atoms with Crippen molar-refractivity contribution in [1.82, 2.24) is 4.57 Å². The number of anilines is 3. The number of nitrogens with zero attached hydrogens (tertiary/aromatic N) is 2. The molecule has 0 unspecified atom stereocenters. The summed E-state index contributed by atoms with van der Waals surface area (Å²) < 4.78 is 10.1. The van der Waals surface area contributed by atoms with Crippen molar-refractivity contribution in [1.29, 1.82) is 0 Å². The van der Waals surface area contributed by atoms with Crippen LogP contribution < -0.4 is 26.0 Å².